The van der Waals surface area contributed by atoms with Crippen LogP contribution in [0.15, 0.2) is 42.6 Å². The van der Waals surface area contributed by atoms with Gasteiger partial charge in [0.15, 0.2) is 0 Å². The minimum absolute atomic E-state index is 0.681. The van der Waals surface area contributed by atoms with Gasteiger partial charge in [-0.05, 0) is 44.0 Å². The number of nitrogens with zero attached hydrogens (tertiary/aromatic N) is 4. The molecule has 2 aliphatic rings. The third kappa shape index (κ3) is 3.87. The molecule has 4 nitrogen and oxygen atoms in total. The monoisotopic (exact) mass is 324 g/mol. The summed E-state index contributed by atoms with van der Waals surface area (Å²) in [6, 6.07) is 13.0. The third-order valence-electron chi connectivity index (χ3n) is 5.41. The van der Waals surface area contributed by atoms with Crippen molar-refractivity contribution in [1.82, 2.24) is 19.6 Å². The van der Waals surface area contributed by atoms with E-state index in [-0.39, 0.29) is 0 Å². The van der Waals surface area contributed by atoms with E-state index in [0.717, 1.165) is 26.1 Å². The molecule has 2 aliphatic heterocycles. The normalized spacial score (nSPS) is 22.4. The number of hydrogen-bond donors (Lipinski definition) is 0. The summed E-state index contributed by atoms with van der Waals surface area (Å²) in [6.07, 6.45) is 5.84. The lowest BCUT2D eigenvalue weighted by atomic mass is 10.1. The highest BCUT2D eigenvalue weighted by Crippen LogP contribution is 2.19. The van der Waals surface area contributed by atoms with Crippen molar-refractivity contribution in [2.24, 2.45) is 5.92 Å². The van der Waals surface area contributed by atoms with E-state index in [1.165, 1.54) is 50.3 Å². The van der Waals surface area contributed by atoms with Crippen molar-refractivity contribution in [3.63, 3.8) is 0 Å². The summed E-state index contributed by atoms with van der Waals surface area (Å²) in [5.41, 5.74) is 2.80. The Bertz CT molecular complexity index is 630. The van der Waals surface area contributed by atoms with Crippen molar-refractivity contribution in [1.29, 1.82) is 0 Å². The van der Waals surface area contributed by atoms with Crippen molar-refractivity contribution >= 4 is 0 Å². The molecule has 4 rings (SSSR count). The first-order valence-electron chi connectivity index (χ1n) is 9.36. The zero-order valence-corrected chi connectivity index (χ0v) is 14.5. The standard InChI is InChI=1S/C20H28N4/c1-2-6-18(7-3-1)9-13-23-15-19(14-22-11-4-5-12-22)16-24-20(17-23)8-10-21-24/h1-3,6-8,10,19H,4-5,9,11-17H2/t19-/m0/s1. The van der Waals surface area contributed by atoms with Crippen molar-refractivity contribution in [2.45, 2.75) is 32.4 Å². The Morgan fingerprint density at radius 1 is 0.958 bits per heavy atom. The van der Waals surface area contributed by atoms with Crippen LogP contribution in [0.5, 0.6) is 0 Å². The van der Waals surface area contributed by atoms with Crippen molar-refractivity contribution < 1.29 is 0 Å². The van der Waals surface area contributed by atoms with E-state index in [1.807, 2.05) is 6.20 Å². The largest absolute Gasteiger partial charge is 0.303 e. The quantitative estimate of drug-likeness (QED) is 0.845. The van der Waals surface area contributed by atoms with Crippen molar-refractivity contribution in [3.05, 3.63) is 53.9 Å². The molecule has 0 aliphatic carbocycles. The van der Waals surface area contributed by atoms with E-state index in [2.05, 4.69) is 56.0 Å². The van der Waals surface area contributed by atoms with Crippen molar-refractivity contribution in [3.8, 4) is 0 Å². The van der Waals surface area contributed by atoms with Gasteiger partial charge in [-0.25, -0.2) is 0 Å². The summed E-state index contributed by atoms with van der Waals surface area (Å²) < 4.78 is 2.24. The molecule has 1 saturated heterocycles. The Kier molecular flexibility index (Phi) is 4.95. The van der Waals surface area contributed by atoms with E-state index < -0.39 is 0 Å². The molecule has 0 saturated carbocycles. The average Bonchev–Trinajstić information content (AvgIpc) is 3.23. The summed E-state index contributed by atoms with van der Waals surface area (Å²) in [4.78, 5) is 5.28. The highest BCUT2D eigenvalue weighted by molar-refractivity contribution is 5.15. The molecule has 1 fully saturated rings. The molecule has 2 aromatic rings. The summed E-state index contributed by atoms with van der Waals surface area (Å²) in [6.45, 7) is 8.21. The third-order valence-corrected chi connectivity index (χ3v) is 5.41. The fourth-order valence-electron chi connectivity index (χ4n) is 4.17. The molecule has 0 bridgehead atoms. The van der Waals surface area contributed by atoms with Crippen LogP contribution in [0.3, 0.4) is 0 Å². The molecule has 1 aromatic heterocycles. The second-order valence-electron chi connectivity index (χ2n) is 7.35. The van der Waals surface area contributed by atoms with Gasteiger partial charge in [-0.1, -0.05) is 30.3 Å². The zero-order chi connectivity index (χ0) is 16.2. The maximum Gasteiger partial charge on any atom is 0.0524 e. The van der Waals surface area contributed by atoms with Crippen LogP contribution in [0.4, 0.5) is 0 Å². The molecule has 1 aromatic carbocycles. The van der Waals surface area contributed by atoms with E-state index in [1.54, 1.807) is 0 Å². The molecule has 0 amide bonds. The molecule has 128 valence electrons. The Labute approximate surface area is 145 Å². The lowest BCUT2D eigenvalue weighted by Crippen LogP contribution is -2.36. The van der Waals surface area contributed by atoms with Gasteiger partial charge in [-0.15, -0.1) is 0 Å². The molecule has 1 atom stereocenters. The fourth-order valence-corrected chi connectivity index (χ4v) is 4.17. The van der Waals surface area contributed by atoms with Crippen LogP contribution in [0.1, 0.15) is 24.1 Å². The van der Waals surface area contributed by atoms with Gasteiger partial charge < -0.3 is 4.90 Å². The Morgan fingerprint density at radius 2 is 1.79 bits per heavy atom. The smallest absolute Gasteiger partial charge is 0.0524 e. The van der Waals surface area contributed by atoms with Gasteiger partial charge >= 0.3 is 0 Å². The van der Waals surface area contributed by atoms with Crippen LogP contribution in [-0.4, -0.2) is 52.3 Å². The number of hydrogen-bond acceptors (Lipinski definition) is 3. The molecule has 0 N–H and O–H groups in total. The van der Waals surface area contributed by atoms with Gasteiger partial charge in [0.25, 0.3) is 0 Å². The van der Waals surface area contributed by atoms with Gasteiger partial charge in [-0.3, -0.25) is 9.58 Å². The minimum atomic E-state index is 0.681. The van der Waals surface area contributed by atoms with Gasteiger partial charge in [0, 0.05) is 44.8 Å². The van der Waals surface area contributed by atoms with Gasteiger partial charge in [0.2, 0.25) is 0 Å². The molecule has 0 radical (unpaired) electrons. The number of likely N-dealkylation sites (tertiary alicyclic amines) is 1. The number of aromatic nitrogens is 2. The van der Waals surface area contributed by atoms with E-state index in [0.29, 0.717) is 5.92 Å². The van der Waals surface area contributed by atoms with Crippen molar-refractivity contribution in [2.75, 3.05) is 32.7 Å². The number of rotatable bonds is 5. The lowest BCUT2D eigenvalue weighted by molar-refractivity contribution is 0.188. The highest BCUT2D eigenvalue weighted by Gasteiger charge is 2.25. The highest BCUT2D eigenvalue weighted by atomic mass is 15.3. The molecule has 0 spiro atoms. The predicted molar refractivity (Wildman–Crippen MR) is 96.8 cm³/mol. The van der Waals surface area contributed by atoms with Crippen LogP contribution < -0.4 is 0 Å². The molecule has 0 unspecified atom stereocenters. The van der Waals surface area contributed by atoms with Crippen LogP contribution >= 0.6 is 0 Å². The topological polar surface area (TPSA) is 24.3 Å². The lowest BCUT2D eigenvalue weighted by Gasteiger charge is -2.27. The average molecular weight is 324 g/mol. The maximum atomic E-state index is 4.57. The Hall–Kier alpha value is -1.65. The van der Waals surface area contributed by atoms with Gasteiger partial charge in [0.05, 0.1) is 5.69 Å². The summed E-state index contributed by atoms with van der Waals surface area (Å²) in [7, 11) is 0. The molecular weight excluding hydrogens is 296 g/mol. The summed E-state index contributed by atoms with van der Waals surface area (Å²) in [5.74, 6) is 0.681. The van der Waals surface area contributed by atoms with Crippen LogP contribution in [0.2, 0.25) is 0 Å². The first-order valence-corrected chi connectivity index (χ1v) is 9.36. The predicted octanol–water partition coefficient (Wildman–Crippen LogP) is 2.65. The molecule has 4 heteroatoms. The van der Waals surface area contributed by atoms with Crippen LogP contribution in [-0.2, 0) is 19.5 Å². The van der Waals surface area contributed by atoms with Gasteiger partial charge in [0.1, 0.15) is 0 Å². The summed E-state index contributed by atoms with van der Waals surface area (Å²) >= 11 is 0. The first kappa shape index (κ1) is 15.9. The van der Waals surface area contributed by atoms with Crippen LogP contribution in [0, 0.1) is 5.92 Å². The molecular formula is C20H28N4. The van der Waals surface area contributed by atoms with E-state index in [4.69, 9.17) is 0 Å². The van der Waals surface area contributed by atoms with E-state index >= 15 is 0 Å². The van der Waals surface area contributed by atoms with E-state index in [9.17, 15) is 0 Å². The van der Waals surface area contributed by atoms with Gasteiger partial charge in [-0.2, -0.15) is 5.10 Å². The fraction of sp³-hybridized carbons (Fsp3) is 0.550. The second kappa shape index (κ2) is 7.49. The van der Waals surface area contributed by atoms with Crippen LogP contribution in [0.25, 0.3) is 0 Å². The zero-order valence-electron chi connectivity index (χ0n) is 14.5. The first-order chi connectivity index (χ1) is 11.9. The Balaban J connectivity index is 1.42. The SMILES string of the molecule is c1ccc(CCN2Cc3ccnn3C[C@@H](CN3CCCC3)C2)cc1. The molecule has 24 heavy (non-hydrogen) atoms. The Morgan fingerprint density at radius 3 is 2.62 bits per heavy atom. The number of benzene rings is 1. The summed E-state index contributed by atoms with van der Waals surface area (Å²) in [5, 5.41) is 4.57. The maximum absolute atomic E-state index is 4.57. The minimum Gasteiger partial charge on any atom is -0.303 e. The number of fused-ring (bicyclic) bond motifs is 1. The second-order valence-corrected chi connectivity index (χ2v) is 7.35. The molecule has 3 heterocycles.